The highest BCUT2D eigenvalue weighted by Crippen LogP contribution is 2.27. The topological polar surface area (TPSA) is 59.2 Å². The molecule has 1 atom stereocenters. The molecule has 22 heavy (non-hydrogen) atoms. The average molecular weight is 320 g/mol. The van der Waals surface area contributed by atoms with Crippen molar-refractivity contribution in [1.82, 2.24) is 15.0 Å². The van der Waals surface area contributed by atoms with Crippen LogP contribution in [0.4, 0.5) is 0 Å². The van der Waals surface area contributed by atoms with E-state index in [1.807, 2.05) is 36.1 Å². The van der Waals surface area contributed by atoms with Gasteiger partial charge in [-0.2, -0.15) is 4.98 Å². The molecule has 2 aromatic rings. The van der Waals surface area contributed by atoms with Gasteiger partial charge in [0.05, 0.1) is 5.92 Å². The van der Waals surface area contributed by atoms with E-state index in [9.17, 15) is 4.79 Å². The largest absolute Gasteiger partial charge is 0.342 e. The Balaban J connectivity index is 1.67. The molecule has 0 spiro atoms. The first-order valence-electron chi connectivity index (χ1n) is 7.51. The van der Waals surface area contributed by atoms with Gasteiger partial charge in [-0.3, -0.25) is 4.79 Å². The van der Waals surface area contributed by atoms with Crippen LogP contribution < -0.4 is 0 Å². The fraction of sp³-hybridized carbons (Fsp3) is 0.438. The Kier molecular flexibility index (Phi) is 4.43. The summed E-state index contributed by atoms with van der Waals surface area (Å²) in [6, 6.07) is 7.64. The lowest BCUT2D eigenvalue weighted by molar-refractivity contribution is -0.129. The van der Waals surface area contributed by atoms with Gasteiger partial charge < -0.3 is 9.42 Å². The Morgan fingerprint density at radius 1 is 1.45 bits per heavy atom. The van der Waals surface area contributed by atoms with Gasteiger partial charge in [-0.05, 0) is 18.1 Å². The molecule has 2 heterocycles. The fourth-order valence-corrected chi connectivity index (χ4v) is 2.93. The summed E-state index contributed by atoms with van der Waals surface area (Å²) in [7, 11) is 0. The minimum Gasteiger partial charge on any atom is -0.342 e. The second-order valence-corrected chi connectivity index (χ2v) is 5.90. The molecule has 1 aromatic heterocycles. The van der Waals surface area contributed by atoms with Crippen molar-refractivity contribution in [3.8, 4) is 0 Å². The van der Waals surface area contributed by atoms with Crippen LogP contribution in [0.1, 0.15) is 43.0 Å². The van der Waals surface area contributed by atoms with Gasteiger partial charge in [0, 0.05) is 31.0 Å². The molecule has 0 saturated carbocycles. The highest BCUT2D eigenvalue weighted by molar-refractivity contribution is 6.31. The lowest BCUT2D eigenvalue weighted by atomic mass is 10.1. The maximum Gasteiger partial charge on any atom is 0.231 e. The smallest absolute Gasteiger partial charge is 0.231 e. The van der Waals surface area contributed by atoms with Crippen LogP contribution in [0, 0.1) is 0 Å². The molecular weight excluding hydrogens is 302 g/mol. The minimum atomic E-state index is 0.142. The number of hydrogen-bond acceptors (Lipinski definition) is 4. The third-order valence-corrected chi connectivity index (χ3v) is 4.35. The van der Waals surface area contributed by atoms with Crippen molar-refractivity contribution in [2.45, 2.75) is 32.1 Å². The molecular formula is C16H18ClN3O2. The molecule has 0 radical (unpaired) electrons. The summed E-state index contributed by atoms with van der Waals surface area (Å²) in [5, 5.41) is 4.74. The number of hydrogen-bond donors (Lipinski definition) is 0. The third-order valence-electron chi connectivity index (χ3n) is 3.98. The first kappa shape index (κ1) is 15.0. The summed E-state index contributed by atoms with van der Waals surface area (Å²) in [5.41, 5.74) is 0.978. The molecule has 1 aliphatic heterocycles. The lowest BCUT2D eigenvalue weighted by Gasteiger charge is -2.13. The van der Waals surface area contributed by atoms with E-state index in [2.05, 4.69) is 10.1 Å². The van der Waals surface area contributed by atoms with Crippen LogP contribution in [0.5, 0.6) is 0 Å². The predicted octanol–water partition coefficient (Wildman–Crippen LogP) is 3.04. The van der Waals surface area contributed by atoms with Crippen LogP contribution in [0.15, 0.2) is 28.8 Å². The van der Waals surface area contributed by atoms with E-state index >= 15 is 0 Å². The Hall–Kier alpha value is -1.88. The van der Waals surface area contributed by atoms with E-state index in [-0.39, 0.29) is 11.8 Å². The Labute approximate surface area is 134 Å². The lowest BCUT2D eigenvalue weighted by Crippen LogP contribution is -2.27. The Bertz CT molecular complexity index is 671. The van der Waals surface area contributed by atoms with Crippen molar-refractivity contribution in [3.05, 3.63) is 46.6 Å². The van der Waals surface area contributed by atoms with Gasteiger partial charge in [-0.25, -0.2) is 0 Å². The van der Waals surface area contributed by atoms with Crippen molar-refractivity contribution in [2.24, 2.45) is 0 Å². The van der Waals surface area contributed by atoms with Crippen molar-refractivity contribution < 1.29 is 9.32 Å². The number of nitrogens with zero attached hydrogens (tertiary/aromatic N) is 3. The molecule has 1 aliphatic rings. The van der Waals surface area contributed by atoms with E-state index in [4.69, 9.17) is 16.1 Å². The fourth-order valence-electron chi connectivity index (χ4n) is 2.73. The zero-order chi connectivity index (χ0) is 15.5. The van der Waals surface area contributed by atoms with E-state index in [0.717, 1.165) is 18.5 Å². The van der Waals surface area contributed by atoms with Crippen molar-refractivity contribution >= 4 is 17.5 Å². The summed E-state index contributed by atoms with van der Waals surface area (Å²) < 4.78 is 5.38. The van der Waals surface area contributed by atoms with Gasteiger partial charge >= 0.3 is 0 Å². The number of carbonyl (C=O) groups is 1. The summed E-state index contributed by atoms with van der Waals surface area (Å²) in [6.07, 6.45) is 1.96. The molecule has 1 amide bonds. The molecule has 6 heteroatoms. The summed E-state index contributed by atoms with van der Waals surface area (Å²) >= 11 is 6.15. The first-order valence-corrected chi connectivity index (χ1v) is 7.88. The number of amides is 1. The van der Waals surface area contributed by atoms with Gasteiger partial charge in [-0.1, -0.05) is 41.9 Å². The SMILES string of the molecule is CCC(=O)N1CCC(c2nc(Cc3ccccc3Cl)no2)C1. The molecule has 1 aromatic carbocycles. The van der Waals surface area contributed by atoms with Gasteiger partial charge in [0.15, 0.2) is 5.82 Å². The van der Waals surface area contributed by atoms with Crippen molar-refractivity contribution in [2.75, 3.05) is 13.1 Å². The number of carbonyl (C=O) groups excluding carboxylic acids is 1. The normalized spacial score (nSPS) is 17.9. The number of benzene rings is 1. The number of halogens is 1. The van der Waals surface area contributed by atoms with Crippen LogP contribution in [0.25, 0.3) is 0 Å². The van der Waals surface area contributed by atoms with Crippen molar-refractivity contribution in [3.63, 3.8) is 0 Å². The number of aromatic nitrogens is 2. The zero-order valence-corrected chi connectivity index (χ0v) is 13.2. The van der Waals surface area contributed by atoms with Gasteiger partial charge in [-0.15, -0.1) is 0 Å². The maximum atomic E-state index is 11.7. The van der Waals surface area contributed by atoms with Gasteiger partial charge in [0.1, 0.15) is 0 Å². The molecule has 0 aliphatic carbocycles. The highest BCUT2D eigenvalue weighted by Gasteiger charge is 2.30. The third kappa shape index (κ3) is 3.14. The molecule has 116 valence electrons. The molecule has 1 unspecified atom stereocenters. The van der Waals surface area contributed by atoms with Crippen LogP contribution in [0.3, 0.4) is 0 Å². The molecule has 0 bridgehead atoms. The first-order chi connectivity index (χ1) is 10.7. The van der Waals surface area contributed by atoms with E-state index in [1.165, 1.54) is 0 Å². The maximum absolute atomic E-state index is 11.7. The number of likely N-dealkylation sites (tertiary alicyclic amines) is 1. The second-order valence-electron chi connectivity index (χ2n) is 5.50. The van der Waals surface area contributed by atoms with Crippen LogP contribution in [-0.4, -0.2) is 34.0 Å². The Morgan fingerprint density at radius 3 is 3.05 bits per heavy atom. The monoisotopic (exact) mass is 319 g/mol. The summed E-state index contributed by atoms with van der Waals surface area (Å²) in [6.45, 7) is 3.31. The van der Waals surface area contributed by atoms with E-state index in [0.29, 0.717) is 36.1 Å². The predicted molar refractivity (Wildman–Crippen MR) is 82.8 cm³/mol. The van der Waals surface area contributed by atoms with Crippen LogP contribution >= 0.6 is 11.6 Å². The average Bonchev–Trinajstić information content (AvgIpc) is 3.17. The standard InChI is InChI=1S/C16H18ClN3O2/c1-2-15(21)20-8-7-12(10-20)16-18-14(19-22-16)9-11-5-3-4-6-13(11)17/h3-6,12H,2,7-10H2,1H3. The number of rotatable bonds is 4. The molecule has 1 fully saturated rings. The van der Waals surface area contributed by atoms with E-state index < -0.39 is 0 Å². The molecule has 0 N–H and O–H groups in total. The van der Waals surface area contributed by atoms with E-state index in [1.54, 1.807) is 0 Å². The van der Waals surface area contributed by atoms with Gasteiger partial charge in [0.25, 0.3) is 0 Å². The van der Waals surface area contributed by atoms with Crippen LogP contribution in [0.2, 0.25) is 5.02 Å². The second kappa shape index (κ2) is 6.48. The quantitative estimate of drug-likeness (QED) is 0.869. The zero-order valence-electron chi connectivity index (χ0n) is 12.5. The van der Waals surface area contributed by atoms with Crippen LogP contribution in [-0.2, 0) is 11.2 Å². The minimum absolute atomic E-state index is 0.142. The Morgan fingerprint density at radius 2 is 2.27 bits per heavy atom. The highest BCUT2D eigenvalue weighted by atomic mass is 35.5. The van der Waals surface area contributed by atoms with Gasteiger partial charge in [0.2, 0.25) is 11.8 Å². The molecule has 3 rings (SSSR count). The summed E-state index contributed by atoms with van der Waals surface area (Å²) in [5.74, 6) is 1.57. The van der Waals surface area contributed by atoms with Crippen molar-refractivity contribution in [1.29, 1.82) is 0 Å². The summed E-state index contributed by atoms with van der Waals surface area (Å²) in [4.78, 5) is 18.1. The molecule has 5 nitrogen and oxygen atoms in total. The molecule has 1 saturated heterocycles.